The summed E-state index contributed by atoms with van der Waals surface area (Å²) in [6.45, 7) is 0. The molecule has 1 aromatic heterocycles. The molecule has 0 unspecified atom stereocenters. The van der Waals surface area contributed by atoms with E-state index in [2.05, 4.69) is 0 Å². The first-order valence-corrected chi connectivity index (χ1v) is 8.54. The minimum atomic E-state index is -0.273. The van der Waals surface area contributed by atoms with Gasteiger partial charge in [0.25, 0.3) is 11.5 Å². The zero-order valence-electron chi connectivity index (χ0n) is 15.4. The Morgan fingerprint density at radius 3 is 2.30 bits per heavy atom. The first-order chi connectivity index (χ1) is 12.9. The fraction of sp³-hybridized carbons (Fsp3) is 0.200. The highest BCUT2D eigenvalue weighted by Crippen LogP contribution is 2.33. The Balaban J connectivity index is 2.22. The zero-order valence-corrected chi connectivity index (χ0v) is 16.2. The van der Waals surface area contributed by atoms with Crippen LogP contribution in [-0.4, -0.2) is 31.7 Å². The molecule has 27 heavy (non-hydrogen) atoms. The summed E-state index contributed by atoms with van der Waals surface area (Å²) in [5.74, 6) is 0.595. The first kappa shape index (κ1) is 18.8. The monoisotopic (exact) mass is 386 g/mol. The number of ether oxygens (including phenoxy) is 2. The number of halogens is 1. The number of benzene rings is 2. The number of fused-ring (bicyclic) bond motifs is 1. The number of carbonyl (C=O) groups excluding carboxylic acids is 1. The molecule has 2 aromatic carbocycles. The second-order valence-electron chi connectivity index (χ2n) is 6.06. The minimum Gasteiger partial charge on any atom is -0.493 e. The van der Waals surface area contributed by atoms with Crippen LogP contribution < -0.4 is 19.9 Å². The summed E-state index contributed by atoms with van der Waals surface area (Å²) >= 11 is 6.04. The second-order valence-corrected chi connectivity index (χ2v) is 6.49. The van der Waals surface area contributed by atoms with E-state index < -0.39 is 0 Å². The lowest BCUT2D eigenvalue weighted by Crippen LogP contribution is -2.29. The maximum atomic E-state index is 13.2. The third-order valence-electron chi connectivity index (χ3n) is 4.42. The van der Waals surface area contributed by atoms with Crippen molar-refractivity contribution >= 4 is 34.0 Å². The van der Waals surface area contributed by atoms with Gasteiger partial charge in [0.1, 0.15) is 0 Å². The lowest BCUT2D eigenvalue weighted by molar-refractivity contribution is 0.0994. The van der Waals surface area contributed by atoms with Crippen molar-refractivity contribution in [2.24, 2.45) is 7.05 Å². The summed E-state index contributed by atoms with van der Waals surface area (Å²) in [4.78, 5) is 27.3. The summed E-state index contributed by atoms with van der Waals surface area (Å²) in [6, 6.07) is 10.2. The number of nitrogens with zero attached hydrogens (tertiary/aromatic N) is 2. The van der Waals surface area contributed by atoms with Gasteiger partial charge in [0.2, 0.25) is 0 Å². The fourth-order valence-corrected chi connectivity index (χ4v) is 3.13. The summed E-state index contributed by atoms with van der Waals surface area (Å²) in [7, 11) is 6.26. The number of carbonyl (C=O) groups is 1. The Hall–Kier alpha value is -2.99. The highest BCUT2D eigenvalue weighted by atomic mass is 35.5. The van der Waals surface area contributed by atoms with Crippen LogP contribution in [0, 0.1) is 0 Å². The van der Waals surface area contributed by atoms with Crippen molar-refractivity contribution in [3.8, 4) is 11.5 Å². The molecule has 0 atom stereocenters. The van der Waals surface area contributed by atoms with Crippen molar-refractivity contribution in [1.29, 1.82) is 0 Å². The van der Waals surface area contributed by atoms with Crippen molar-refractivity contribution in [3.63, 3.8) is 0 Å². The van der Waals surface area contributed by atoms with Gasteiger partial charge in [-0.3, -0.25) is 9.59 Å². The Bertz CT molecular complexity index is 1090. The fourth-order valence-electron chi connectivity index (χ4n) is 2.94. The second kappa shape index (κ2) is 7.32. The maximum absolute atomic E-state index is 13.2. The molecule has 0 saturated heterocycles. The lowest BCUT2D eigenvalue weighted by atomic mass is 10.0. The molecular weight excluding hydrogens is 368 g/mol. The third kappa shape index (κ3) is 3.36. The van der Waals surface area contributed by atoms with E-state index in [4.69, 9.17) is 21.1 Å². The van der Waals surface area contributed by atoms with E-state index in [0.29, 0.717) is 38.5 Å². The largest absolute Gasteiger partial charge is 0.493 e. The maximum Gasteiger partial charge on any atom is 0.260 e. The highest BCUT2D eigenvalue weighted by Gasteiger charge is 2.21. The molecular formula is C20H19ClN2O4. The van der Waals surface area contributed by atoms with E-state index in [9.17, 15) is 9.59 Å². The van der Waals surface area contributed by atoms with Crippen LogP contribution in [0.4, 0.5) is 5.69 Å². The normalized spacial score (nSPS) is 10.7. The predicted molar refractivity (Wildman–Crippen MR) is 106 cm³/mol. The van der Waals surface area contributed by atoms with Crippen LogP contribution in [0.1, 0.15) is 10.4 Å². The average molecular weight is 387 g/mol. The SMILES string of the molecule is COc1cc2c(C(=O)N(C)c3cccc(Cl)c3)cn(C)c(=O)c2cc1OC. The van der Waals surface area contributed by atoms with E-state index in [1.54, 1.807) is 50.5 Å². The van der Waals surface area contributed by atoms with Gasteiger partial charge in [0.05, 0.1) is 25.2 Å². The summed E-state index contributed by atoms with van der Waals surface area (Å²) in [5.41, 5.74) is 0.790. The van der Waals surface area contributed by atoms with E-state index >= 15 is 0 Å². The number of hydrogen-bond acceptors (Lipinski definition) is 4. The molecule has 3 rings (SSSR count). The Labute approximate surface area is 161 Å². The Morgan fingerprint density at radius 1 is 1.07 bits per heavy atom. The van der Waals surface area contributed by atoms with Crippen LogP contribution in [-0.2, 0) is 7.05 Å². The van der Waals surface area contributed by atoms with Gasteiger partial charge in [-0.25, -0.2) is 0 Å². The average Bonchev–Trinajstić information content (AvgIpc) is 2.68. The van der Waals surface area contributed by atoms with Crippen LogP contribution in [0.25, 0.3) is 10.8 Å². The summed E-state index contributed by atoms with van der Waals surface area (Å²) in [5, 5.41) is 1.40. The van der Waals surface area contributed by atoms with Gasteiger partial charge in [-0.15, -0.1) is 0 Å². The van der Waals surface area contributed by atoms with Gasteiger partial charge >= 0.3 is 0 Å². The number of anilines is 1. The number of hydrogen-bond donors (Lipinski definition) is 0. The number of rotatable bonds is 4. The number of amides is 1. The molecule has 0 aliphatic heterocycles. The van der Waals surface area contributed by atoms with Crippen molar-refractivity contribution in [3.05, 3.63) is 63.5 Å². The molecule has 0 saturated carbocycles. The molecule has 3 aromatic rings. The molecule has 0 spiro atoms. The first-order valence-electron chi connectivity index (χ1n) is 8.16. The van der Waals surface area contributed by atoms with Gasteiger partial charge in [-0.2, -0.15) is 0 Å². The molecule has 0 aliphatic carbocycles. The predicted octanol–water partition coefficient (Wildman–Crippen LogP) is 3.49. The van der Waals surface area contributed by atoms with Crippen LogP contribution in [0.15, 0.2) is 47.4 Å². The Morgan fingerprint density at radius 2 is 1.70 bits per heavy atom. The molecule has 0 bridgehead atoms. The van der Waals surface area contributed by atoms with Gasteiger partial charge in [0.15, 0.2) is 11.5 Å². The van der Waals surface area contributed by atoms with Crippen LogP contribution in [0.3, 0.4) is 0 Å². The molecule has 6 nitrogen and oxygen atoms in total. The summed E-state index contributed by atoms with van der Waals surface area (Å²) in [6.07, 6.45) is 1.53. The molecule has 7 heteroatoms. The lowest BCUT2D eigenvalue weighted by Gasteiger charge is -2.20. The molecule has 0 radical (unpaired) electrons. The molecule has 140 valence electrons. The van der Waals surface area contributed by atoms with Crippen molar-refractivity contribution < 1.29 is 14.3 Å². The van der Waals surface area contributed by atoms with Gasteiger partial charge in [-0.05, 0) is 30.3 Å². The van der Waals surface area contributed by atoms with Crippen molar-refractivity contribution in [2.45, 2.75) is 0 Å². The van der Waals surface area contributed by atoms with Gasteiger partial charge in [0, 0.05) is 36.4 Å². The third-order valence-corrected chi connectivity index (χ3v) is 4.65. The minimum absolute atomic E-state index is 0.229. The van der Waals surface area contributed by atoms with Gasteiger partial charge in [-0.1, -0.05) is 17.7 Å². The molecule has 0 aliphatic rings. The van der Waals surface area contributed by atoms with Gasteiger partial charge < -0.3 is 18.9 Å². The molecule has 1 amide bonds. The molecule has 0 fully saturated rings. The topological polar surface area (TPSA) is 60.8 Å². The standard InChI is InChI=1S/C20H19ClN2O4/c1-22-11-16(20(25)23(2)13-7-5-6-12(21)8-13)14-9-17(26-3)18(27-4)10-15(14)19(22)24/h5-11H,1-4H3. The smallest absolute Gasteiger partial charge is 0.260 e. The van der Waals surface area contributed by atoms with Crippen LogP contribution in [0.5, 0.6) is 11.5 Å². The highest BCUT2D eigenvalue weighted by molar-refractivity contribution is 6.31. The summed E-state index contributed by atoms with van der Waals surface area (Å²) < 4.78 is 12.0. The number of aromatic nitrogens is 1. The van der Waals surface area contributed by atoms with E-state index in [1.807, 2.05) is 0 Å². The van der Waals surface area contributed by atoms with E-state index in [0.717, 1.165) is 0 Å². The number of methoxy groups -OCH3 is 2. The number of aryl methyl sites for hydroxylation is 1. The molecule has 1 heterocycles. The zero-order chi connectivity index (χ0) is 19.7. The van der Waals surface area contributed by atoms with E-state index in [1.165, 1.54) is 29.9 Å². The Kier molecular flexibility index (Phi) is 5.10. The van der Waals surface area contributed by atoms with Crippen molar-refractivity contribution in [2.75, 3.05) is 26.2 Å². The van der Waals surface area contributed by atoms with Crippen LogP contribution in [0.2, 0.25) is 5.02 Å². The van der Waals surface area contributed by atoms with E-state index in [-0.39, 0.29) is 11.5 Å². The molecule has 0 N–H and O–H groups in total. The quantitative estimate of drug-likeness (QED) is 0.688. The van der Waals surface area contributed by atoms with Crippen molar-refractivity contribution in [1.82, 2.24) is 4.57 Å². The van der Waals surface area contributed by atoms with Crippen LogP contribution >= 0.6 is 11.6 Å². The number of pyridine rings is 1.